The van der Waals surface area contributed by atoms with Crippen molar-refractivity contribution in [2.24, 2.45) is 10.7 Å². The molecule has 0 heterocycles. The SMILES string of the molecule is CC(O)CN(Cc1ccccc1)CC(O)C(C=NCc1ccccc1)=CN. The lowest BCUT2D eigenvalue weighted by molar-refractivity contribution is 0.0870. The first-order valence-corrected chi connectivity index (χ1v) is 9.16. The lowest BCUT2D eigenvalue weighted by Gasteiger charge is -2.26. The Kier molecular flexibility index (Phi) is 8.71. The molecule has 0 saturated carbocycles. The van der Waals surface area contributed by atoms with Crippen LogP contribution in [0.1, 0.15) is 18.1 Å². The van der Waals surface area contributed by atoms with Gasteiger partial charge in [-0.05, 0) is 18.1 Å². The zero-order chi connectivity index (χ0) is 19.5. The van der Waals surface area contributed by atoms with Crippen molar-refractivity contribution in [3.63, 3.8) is 0 Å². The van der Waals surface area contributed by atoms with Crippen LogP contribution in [0.2, 0.25) is 0 Å². The molecule has 5 heteroatoms. The second-order valence-corrected chi connectivity index (χ2v) is 6.67. The number of aliphatic hydroxyl groups excluding tert-OH is 2. The largest absolute Gasteiger partial charge is 0.404 e. The average molecular weight is 367 g/mol. The predicted octanol–water partition coefficient (Wildman–Crippen LogP) is 2.34. The summed E-state index contributed by atoms with van der Waals surface area (Å²) in [5, 5.41) is 20.4. The number of nitrogens with two attached hydrogens (primary N) is 1. The Morgan fingerprint density at radius 1 is 1.00 bits per heavy atom. The van der Waals surface area contributed by atoms with Gasteiger partial charge in [-0.1, -0.05) is 60.7 Å². The molecule has 27 heavy (non-hydrogen) atoms. The summed E-state index contributed by atoms with van der Waals surface area (Å²) in [6, 6.07) is 19.9. The summed E-state index contributed by atoms with van der Waals surface area (Å²) in [4.78, 5) is 6.40. The molecule has 0 spiro atoms. The van der Waals surface area contributed by atoms with Crippen LogP contribution in [0, 0.1) is 0 Å². The molecule has 0 aromatic heterocycles. The molecule has 144 valence electrons. The monoisotopic (exact) mass is 367 g/mol. The Morgan fingerprint density at radius 3 is 2.15 bits per heavy atom. The first-order chi connectivity index (χ1) is 13.1. The van der Waals surface area contributed by atoms with Crippen LogP contribution < -0.4 is 5.73 Å². The Balaban J connectivity index is 1.97. The van der Waals surface area contributed by atoms with Gasteiger partial charge in [0, 0.05) is 37.6 Å². The Labute approximate surface area is 161 Å². The number of aliphatic hydroxyl groups is 2. The molecule has 2 atom stereocenters. The number of hydrogen-bond acceptors (Lipinski definition) is 5. The molecule has 0 aliphatic rings. The van der Waals surface area contributed by atoms with Crippen LogP contribution in [-0.4, -0.2) is 46.6 Å². The summed E-state index contributed by atoms with van der Waals surface area (Å²) in [6.07, 6.45) is 1.75. The fourth-order valence-corrected chi connectivity index (χ4v) is 2.85. The quantitative estimate of drug-likeness (QED) is 0.563. The van der Waals surface area contributed by atoms with E-state index in [2.05, 4.69) is 4.99 Å². The normalized spacial score (nSPS) is 14.6. The van der Waals surface area contributed by atoms with Gasteiger partial charge in [-0.15, -0.1) is 0 Å². The van der Waals surface area contributed by atoms with Gasteiger partial charge >= 0.3 is 0 Å². The van der Waals surface area contributed by atoms with E-state index in [4.69, 9.17) is 5.73 Å². The number of aliphatic imine (C=N–C) groups is 1. The second-order valence-electron chi connectivity index (χ2n) is 6.67. The molecule has 2 aromatic rings. The molecule has 0 saturated heterocycles. The highest BCUT2D eigenvalue weighted by Gasteiger charge is 2.16. The second kappa shape index (κ2) is 11.3. The van der Waals surface area contributed by atoms with Crippen molar-refractivity contribution in [1.29, 1.82) is 0 Å². The van der Waals surface area contributed by atoms with Crippen LogP contribution in [0.5, 0.6) is 0 Å². The lowest BCUT2D eigenvalue weighted by Crippen LogP contribution is -2.37. The minimum absolute atomic E-state index is 0.361. The maximum atomic E-state index is 10.6. The topological polar surface area (TPSA) is 82.1 Å². The summed E-state index contributed by atoms with van der Waals surface area (Å²) in [6.45, 7) is 3.74. The van der Waals surface area contributed by atoms with Crippen molar-refractivity contribution < 1.29 is 10.2 Å². The van der Waals surface area contributed by atoms with Crippen molar-refractivity contribution in [2.75, 3.05) is 13.1 Å². The van der Waals surface area contributed by atoms with E-state index in [0.717, 1.165) is 11.1 Å². The minimum Gasteiger partial charge on any atom is -0.404 e. The van der Waals surface area contributed by atoms with E-state index in [-0.39, 0.29) is 0 Å². The summed E-state index contributed by atoms with van der Waals surface area (Å²) < 4.78 is 0. The molecule has 2 rings (SSSR count). The van der Waals surface area contributed by atoms with Crippen LogP contribution in [-0.2, 0) is 13.1 Å². The molecule has 0 radical (unpaired) electrons. The Bertz CT molecular complexity index is 715. The molecule has 4 N–H and O–H groups in total. The van der Waals surface area contributed by atoms with Gasteiger partial charge in [-0.3, -0.25) is 9.89 Å². The van der Waals surface area contributed by atoms with E-state index in [1.165, 1.54) is 6.20 Å². The third-order valence-electron chi connectivity index (χ3n) is 4.14. The summed E-state index contributed by atoms with van der Waals surface area (Å²) in [7, 11) is 0. The van der Waals surface area contributed by atoms with E-state index in [1.807, 2.05) is 65.6 Å². The van der Waals surface area contributed by atoms with Crippen molar-refractivity contribution in [3.05, 3.63) is 83.6 Å². The molecule has 2 aromatic carbocycles. The van der Waals surface area contributed by atoms with Crippen molar-refractivity contribution in [3.8, 4) is 0 Å². The zero-order valence-electron chi connectivity index (χ0n) is 15.8. The minimum atomic E-state index is -0.781. The highest BCUT2D eigenvalue weighted by molar-refractivity contribution is 5.79. The van der Waals surface area contributed by atoms with Gasteiger partial charge in [0.15, 0.2) is 0 Å². The Morgan fingerprint density at radius 2 is 1.59 bits per heavy atom. The third kappa shape index (κ3) is 7.74. The molecule has 0 aliphatic carbocycles. The standard InChI is InChI=1S/C22H29N3O2/c1-18(26)15-25(16-20-10-6-3-7-11-20)17-22(27)21(12-23)14-24-13-19-8-4-2-5-9-19/h2-12,14,18,22,26-27H,13,15-17,23H2,1H3. The van der Waals surface area contributed by atoms with Crippen molar-refractivity contribution in [1.82, 2.24) is 4.90 Å². The van der Waals surface area contributed by atoms with Crippen molar-refractivity contribution in [2.45, 2.75) is 32.2 Å². The van der Waals surface area contributed by atoms with Crippen LogP contribution in [0.4, 0.5) is 0 Å². The first-order valence-electron chi connectivity index (χ1n) is 9.16. The van der Waals surface area contributed by atoms with Crippen molar-refractivity contribution >= 4 is 6.21 Å². The molecule has 0 amide bonds. The molecule has 2 unspecified atom stereocenters. The number of benzene rings is 2. The maximum Gasteiger partial charge on any atom is 0.0945 e. The number of nitrogens with zero attached hydrogens (tertiary/aromatic N) is 2. The third-order valence-corrected chi connectivity index (χ3v) is 4.14. The smallest absolute Gasteiger partial charge is 0.0945 e. The number of rotatable bonds is 10. The summed E-state index contributed by atoms with van der Waals surface area (Å²) in [5.74, 6) is 0. The van der Waals surface area contributed by atoms with E-state index in [9.17, 15) is 10.2 Å². The fourth-order valence-electron chi connectivity index (χ4n) is 2.85. The average Bonchev–Trinajstić information content (AvgIpc) is 2.66. The van der Waals surface area contributed by atoms with Crippen LogP contribution >= 0.6 is 0 Å². The van der Waals surface area contributed by atoms with Gasteiger partial charge in [-0.25, -0.2) is 0 Å². The fraction of sp³-hybridized carbons (Fsp3) is 0.318. The van der Waals surface area contributed by atoms with E-state index < -0.39 is 12.2 Å². The Hall–Kier alpha value is -2.47. The molecule has 5 nitrogen and oxygen atoms in total. The maximum absolute atomic E-state index is 10.6. The first kappa shape index (κ1) is 20.8. The van der Waals surface area contributed by atoms with Crippen LogP contribution in [0.3, 0.4) is 0 Å². The molecular formula is C22H29N3O2. The predicted molar refractivity (Wildman–Crippen MR) is 110 cm³/mol. The van der Waals surface area contributed by atoms with Gasteiger partial charge in [0.25, 0.3) is 0 Å². The zero-order valence-corrected chi connectivity index (χ0v) is 15.8. The molecule has 0 bridgehead atoms. The lowest BCUT2D eigenvalue weighted by atomic mass is 10.1. The highest BCUT2D eigenvalue weighted by Crippen LogP contribution is 2.09. The van der Waals surface area contributed by atoms with E-state index >= 15 is 0 Å². The summed E-state index contributed by atoms with van der Waals surface area (Å²) >= 11 is 0. The highest BCUT2D eigenvalue weighted by atomic mass is 16.3. The number of hydrogen-bond donors (Lipinski definition) is 3. The van der Waals surface area contributed by atoms with Gasteiger partial charge in [0.2, 0.25) is 0 Å². The van der Waals surface area contributed by atoms with Gasteiger partial charge < -0.3 is 15.9 Å². The van der Waals surface area contributed by atoms with Gasteiger partial charge in [0.1, 0.15) is 0 Å². The van der Waals surface area contributed by atoms with E-state index in [0.29, 0.717) is 31.8 Å². The van der Waals surface area contributed by atoms with Crippen LogP contribution in [0.15, 0.2) is 77.4 Å². The molecular weight excluding hydrogens is 338 g/mol. The molecule has 0 fully saturated rings. The van der Waals surface area contributed by atoms with Gasteiger partial charge in [-0.2, -0.15) is 0 Å². The van der Waals surface area contributed by atoms with Crippen LogP contribution in [0.25, 0.3) is 0 Å². The summed E-state index contributed by atoms with van der Waals surface area (Å²) in [5.41, 5.74) is 8.49. The van der Waals surface area contributed by atoms with E-state index in [1.54, 1.807) is 13.1 Å². The molecule has 0 aliphatic heterocycles. The van der Waals surface area contributed by atoms with Gasteiger partial charge in [0.05, 0.1) is 18.8 Å².